The van der Waals surface area contributed by atoms with Gasteiger partial charge in [-0.25, -0.2) is 4.79 Å². The number of carbonyl (C=O) groups excluding carboxylic acids is 1. The van der Waals surface area contributed by atoms with Crippen LogP contribution in [0.4, 0.5) is 5.69 Å². The Kier molecular flexibility index (Phi) is 5.06. The summed E-state index contributed by atoms with van der Waals surface area (Å²) in [7, 11) is 2.94. The first kappa shape index (κ1) is 15.2. The predicted molar refractivity (Wildman–Crippen MR) is 83.1 cm³/mol. The lowest BCUT2D eigenvalue weighted by Gasteiger charge is -2.11. The van der Waals surface area contributed by atoms with Crippen LogP contribution in [0.5, 0.6) is 5.75 Å². The van der Waals surface area contributed by atoms with E-state index in [-0.39, 0.29) is 5.97 Å². The molecule has 0 spiro atoms. The molecule has 0 atom stereocenters. The van der Waals surface area contributed by atoms with Gasteiger partial charge >= 0.3 is 5.97 Å². The van der Waals surface area contributed by atoms with Crippen LogP contribution in [0.1, 0.15) is 15.9 Å². The summed E-state index contributed by atoms with van der Waals surface area (Å²) in [6, 6.07) is 12.8. The Bertz CT molecular complexity index is 643. The summed E-state index contributed by atoms with van der Waals surface area (Å²) in [6.45, 7) is 0.539. The monoisotopic (exact) mass is 305 g/mol. The van der Waals surface area contributed by atoms with Crippen LogP contribution in [0.15, 0.2) is 42.5 Å². The second-order valence-electron chi connectivity index (χ2n) is 4.36. The van der Waals surface area contributed by atoms with Crippen LogP contribution in [0.2, 0.25) is 5.02 Å². The Hall–Kier alpha value is -2.20. The van der Waals surface area contributed by atoms with E-state index in [1.54, 1.807) is 19.2 Å². The Balaban J connectivity index is 2.13. The molecule has 110 valence electrons. The summed E-state index contributed by atoms with van der Waals surface area (Å²) in [5.74, 6) is 0.265. The highest BCUT2D eigenvalue weighted by Crippen LogP contribution is 2.25. The Morgan fingerprint density at radius 3 is 2.62 bits per heavy atom. The lowest BCUT2D eigenvalue weighted by Crippen LogP contribution is -2.08. The molecule has 1 N–H and O–H groups in total. The lowest BCUT2D eigenvalue weighted by atomic mass is 10.1. The number of rotatable bonds is 5. The van der Waals surface area contributed by atoms with Gasteiger partial charge in [0.2, 0.25) is 0 Å². The maximum Gasteiger partial charge on any atom is 0.339 e. The maximum absolute atomic E-state index is 11.7. The zero-order valence-electron chi connectivity index (χ0n) is 11.9. The van der Waals surface area contributed by atoms with Gasteiger partial charge in [-0.05, 0) is 29.8 Å². The van der Waals surface area contributed by atoms with Gasteiger partial charge in [-0.2, -0.15) is 0 Å². The second kappa shape index (κ2) is 6.99. The van der Waals surface area contributed by atoms with Crippen LogP contribution in [0.3, 0.4) is 0 Å². The second-order valence-corrected chi connectivity index (χ2v) is 4.77. The van der Waals surface area contributed by atoms with Crippen LogP contribution in [-0.2, 0) is 11.3 Å². The average molecular weight is 306 g/mol. The number of nitrogens with one attached hydrogen (secondary N) is 1. The molecule has 2 aromatic rings. The minimum Gasteiger partial charge on any atom is -0.495 e. The molecule has 0 saturated heterocycles. The third-order valence-electron chi connectivity index (χ3n) is 3.03. The average Bonchev–Trinajstić information content (AvgIpc) is 2.52. The van der Waals surface area contributed by atoms with Crippen molar-refractivity contribution in [1.29, 1.82) is 0 Å². The molecule has 0 aliphatic rings. The van der Waals surface area contributed by atoms with Gasteiger partial charge in [0.25, 0.3) is 0 Å². The fourth-order valence-electron chi connectivity index (χ4n) is 1.94. The molecule has 2 aromatic carbocycles. The highest BCUT2D eigenvalue weighted by Gasteiger charge is 2.10. The van der Waals surface area contributed by atoms with E-state index in [0.29, 0.717) is 22.9 Å². The number of hydrogen-bond acceptors (Lipinski definition) is 4. The minimum absolute atomic E-state index is 0.370. The normalized spacial score (nSPS) is 10.0. The summed E-state index contributed by atoms with van der Waals surface area (Å²) >= 11 is 6.09. The van der Waals surface area contributed by atoms with Crippen molar-refractivity contribution in [2.45, 2.75) is 6.54 Å². The third-order valence-corrected chi connectivity index (χ3v) is 3.33. The first-order valence-corrected chi connectivity index (χ1v) is 6.77. The van der Waals surface area contributed by atoms with Crippen LogP contribution in [0.25, 0.3) is 0 Å². The molecule has 0 aromatic heterocycles. The van der Waals surface area contributed by atoms with Crippen molar-refractivity contribution in [3.63, 3.8) is 0 Å². The lowest BCUT2D eigenvalue weighted by molar-refractivity contribution is 0.0602. The van der Waals surface area contributed by atoms with Gasteiger partial charge in [-0.15, -0.1) is 0 Å². The van der Waals surface area contributed by atoms with Gasteiger partial charge in [0, 0.05) is 12.2 Å². The number of ether oxygens (including phenoxy) is 2. The van der Waals surface area contributed by atoms with E-state index >= 15 is 0 Å². The van der Waals surface area contributed by atoms with Crippen molar-refractivity contribution in [1.82, 2.24) is 0 Å². The summed E-state index contributed by atoms with van der Waals surface area (Å²) in [5.41, 5.74) is 2.20. The van der Waals surface area contributed by atoms with Crippen molar-refractivity contribution >= 4 is 23.3 Å². The molecule has 5 heteroatoms. The summed E-state index contributed by atoms with van der Waals surface area (Å²) in [5, 5.41) is 3.76. The molecule has 0 aliphatic heterocycles. The number of methoxy groups -OCH3 is 2. The topological polar surface area (TPSA) is 47.6 Å². The third kappa shape index (κ3) is 3.67. The molecule has 0 bridgehead atoms. The molecule has 0 aliphatic carbocycles. The summed E-state index contributed by atoms with van der Waals surface area (Å²) in [6.07, 6.45) is 0. The minimum atomic E-state index is -0.370. The number of benzene rings is 2. The Labute approximate surface area is 128 Å². The van der Waals surface area contributed by atoms with E-state index in [1.807, 2.05) is 30.3 Å². The highest BCUT2D eigenvalue weighted by molar-refractivity contribution is 6.32. The highest BCUT2D eigenvalue weighted by atomic mass is 35.5. The number of halogens is 1. The molecule has 0 unspecified atom stereocenters. The summed E-state index contributed by atoms with van der Waals surface area (Å²) in [4.78, 5) is 11.7. The number of para-hydroxylation sites is 1. The molecule has 4 nitrogen and oxygen atoms in total. The van der Waals surface area contributed by atoms with Crippen LogP contribution >= 0.6 is 11.6 Å². The van der Waals surface area contributed by atoms with Crippen LogP contribution in [0, 0.1) is 0 Å². The maximum atomic E-state index is 11.7. The SMILES string of the molecule is COC(=O)c1ccccc1NCc1ccc(OC)c(Cl)c1. The van der Waals surface area contributed by atoms with Crippen molar-refractivity contribution in [2.24, 2.45) is 0 Å². The van der Waals surface area contributed by atoms with Gasteiger partial charge in [-0.1, -0.05) is 29.8 Å². The molecular formula is C16H16ClNO3. The molecular weight excluding hydrogens is 290 g/mol. The fourth-order valence-corrected chi connectivity index (χ4v) is 2.22. The van der Waals surface area contributed by atoms with E-state index in [1.165, 1.54) is 7.11 Å². The van der Waals surface area contributed by atoms with Gasteiger partial charge in [-0.3, -0.25) is 0 Å². The molecule has 2 rings (SSSR count). The molecule has 0 radical (unpaired) electrons. The molecule has 0 heterocycles. The van der Waals surface area contributed by atoms with Crippen molar-refractivity contribution in [3.05, 3.63) is 58.6 Å². The van der Waals surface area contributed by atoms with Crippen molar-refractivity contribution < 1.29 is 14.3 Å². The Morgan fingerprint density at radius 2 is 1.95 bits per heavy atom. The molecule has 0 amide bonds. The smallest absolute Gasteiger partial charge is 0.339 e. The van der Waals surface area contributed by atoms with E-state index in [0.717, 1.165) is 11.3 Å². The van der Waals surface area contributed by atoms with E-state index in [4.69, 9.17) is 21.1 Å². The quantitative estimate of drug-likeness (QED) is 0.855. The van der Waals surface area contributed by atoms with E-state index in [2.05, 4.69) is 5.32 Å². The van der Waals surface area contributed by atoms with E-state index in [9.17, 15) is 4.79 Å². The zero-order valence-corrected chi connectivity index (χ0v) is 12.6. The first-order valence-electron chi connectivity index (χ1n) is 6.39. The predicted octanol–water partition coefficient (Wildman–Crippen LogP) is 3.75. The summed E-state index contributed by atoms with van der Waals surface area (Å²) < 4.78 is 9.88. The number of esters is 1. The number of hydrogen-bond donors (Lipinski definition) is 1. The van der Waals surface area contributed by atoms with E-state index < -0.39 is 0 Å². The first-order chi connectivity index (χ1) is 10.2. The van der Waals surface area contributed by atoms with Gasteiger partial charge < -0.3 is 14.8 Å². The molecule has 21 heavy (non-hydrogen) atoms. The number of anilines is 1. The van der Waals surface area contributed by atoms with Gasteiger partial charge in [0.05, 0.1) is 24.8 Å². The van der Waals surface area contributed by atoms with Crippen molar-refractivity contribution in [3.8, 4) is 5.75 Å². The largest absolute Gasteiger partial charge is 0.495 e. The standard InChI is InChI=1S/C16H16ClNO3/c1-20-15-8-7-11(9-13(15)17)10-18-14-6-4-3-5-12(14)16(19)21-2/h3-9,18H,10H2,1-2H3. The van der Waals surface area contributed by atoms with Crippen LogP contribution in [-0.4, -0.2) is 20.2 Å². The zero-order chi connectivity index (χ0) is 15.2. The fraction of sp³-hybridized carbons (Fsp3) is 0.188. The van der Waals surface area contributed by atoms with Gasteiger partial charge in [0.15, 0.2) is 0 Å². The van der Waals surface area contributed by atoms with Crippen LogP contribution < -0.4 is 10.1 Å². The van der Waals surface area contributed by atoms with Gasteiger partial charge in [0.1, 0.15) is 5.75 Å². The molecule has 0 saturated carbocycles. The van der Waals surface area contributed by atoms with Crippen molar-refractivity contribution in [2.75, 3.05) is 19.5 Å². The molecule has 0 fully saturated rings. The Morgan fingerprint density at radius 1 is 1.19 bits per heavy atom. The number of carbonyl (C=O) groups is 1.